The zero-order chi connectivity index (χ0) is 21.2. The normalized spacial score (nSPS) is 16.9. The fourth-order valence-electron chi connectivity index (χ4n) is 4.17. The predicted octanol–water partition coefficient (Wildman–Crippen LogP) is 3.16. The third-order valence-electron chi connectivity index (χ3n) is 6.30. The van der Waals surface area contributed by atoms with Crippen LogP contribution in [0.1, 0.15) is 31.1 Å². The maximum absolute atomic E-state index is 13.0. The van der Waals surface area contributed by atoms with Gasteiger partial charge in [-0.1, -0.05) is 12.5 Å². The fraction of sp³-hybridized carbons (Fsp3) is 0.435. The van der Waals surface area contributed by atoms with Gasteiger partial charge in [0.2, 0.25) is 11.8 Å². The SMILES string of the molecule is COc1cccc(N2CCN(C(=O)Cn3cccc3-c3nnc(C4CCC4)o3)CC2)c1. The van der Waals surface area contributed by atoms with Crippen molar-refractivity contribution in [1.82, 2.24) is 19.7 Å². The summed E-state index contributed by atoms with van der Waals surface area (Å²) >= 11 is 0. The molecule has 8 heteroatoms. The van der Waals surface area contributed by atoms with Gasteiger partial charge in [-0.15, -0.1) is 10.2 Å². The van der Waals surface area contributed by atoms with E-state index in [4.69, 9.17) is 9.15 Å². The van der Waals surface area contributed by atoms with Crippen molar-refractivity contribution in [3.63, 3.8) is 0 Å². The zero-order valence-corrected chi connectivity index (χ0v) is 17.7. The summed E-state index contributed by atoms with van der Waals surface area (Å²) in [6, 6.07) is 11.9. The van der Waals surface area contributed by atoms with E-state index in [2.05, 4.69) is 21.2 Å². The van der Waals surface area contributed by atoms with E-state index in [1.807, 2.05) is 46.0 Å². The van der Waals surface area contributed by atoms with Crippen LogP contribution < -0.4 is 9.64 Å². The molecule has 1 aliphatic heterocycles. The molecule has 0 bridgehead atoms. The number of carbonyl (C=O) groups excluding carboxylic acids is 1. The molecule has 1 amide bonds. The highest BCUT2D eigenvalue weighted by atomic mass is 16.5. The lowest BCUT2D eigenvalue weighted by atomic mass is 9.85. The molecule has 3 aromatic rings. The highest BCUT2D eigenvalue weighted by Gasteiger charge is 2.27. The molecule has 1 saturated heterocycles. The fourth-order valence-corrected chi connectivity index (χ4v) is 4.17. The van der Waals surface area contributed by atoms with E-state index in [-0.39, 0.29) is 12.5 Å². The molecule has 5 rings (SSSR count). The molecule has 1 saturated carbocycles. The lowest BCUT2D eigenvalue weighted by Gasteiger charge is -2.36. The van der Waals surface area contributed by atoms with Crippen LogP contribution in [0.5, 0.6) is 5.75 Å². The molecule has 0 spiro atoms. The Morgan fingerprint density at radius 1 is 1.13 bits per heavy atom. The van der Waals surface area contributed by atoms with E-state index in [9.17, 15) is 4.79 Å². The van der Waals surface area contributed by atoms with Crippen LogP contribution in [0, 0.1) is 0 Å². The Bertz CT molecular complexity index is 1050. The Hall–Kier alpha value is -3.29. The Balaban J connectivity index is 1.21. The summed E-state index contributed by atoms with van der Waals surface area (Å²) in [5, 5.41) is 8.43. The molecule has 1 aromatic carbocycles. The number of anilines is 1. The lowest BCUT2D eigenvalue weighted by molar-refractivity contribution is -0.132. The summed E-state index contributed by atoms with van der Waals surface area (Å²) in [5.41, 5.74) is 1.92. The van der Waals surface area contributed by atoms with Gasteiger partial charge in [0.25, 0.3) is 5.89 Å². The first-order chi connectivity index (χ1) is 15.2. The van der Waals surface area contributed by atoms with Gasteiger partial charge in [-0.2, -0.15) is 0 Å². The average molecular weight is 422 g/mol. The number of amides is 1. The van der Waals surface area contributed by atoms with E-state index in [1.165, 1.54) is 6.42 Å². The van der Waals surface area contributed by atoms with Crippen molar-refractivity contribution in [3.8, 4) is 17.3 Å². The molecular weight excluding hydrogens is 394 g/mol. The average Bonchev–Trinajstić information content (AvgIpc) is 3.42. The van der Waals surface area contributed by atoms with E-state index in [0.29, 0.717) is 30.8 Å². The lowest BCUT2D eigenvalue weighted by Crippen LogP contribution is -2.49. The topological polar surface area (TPSA) is 76.6 Å². The second-order valence-corrected chi connectivity index (χ2v) is 8.16. The van der Waals surface area contributed by atoms with Gasteiger partial charge in [0.15, 0.2) is 0 Å². The molecule has 31 heavy (non-hydrogen) atoms. The van der Waals surface area contributed by atoms with E-state index < -0.39 is 0 Å². The maximum Gasteiger partial charge on any atom is 0.264 e. The van der Waals surface area contributed by atoms with Crippen LogP contribution in [-0.4, -0.2) is 58.9 Å². The molecule has 2 aromatic heterocycles. The molecule has 0 unspecified atom stereocenters. The van der Waals surface area contributed by atoms with Crippen LogP contribution in [0.15, 0.2) is 47.0 Å². The van der Waals surface area contributed by atoms with Crippen LogP contribution in [0.2, 0.25) is 0 Å². The molecule has 3 heterocycles. The smallest absolute Gasteiger partial charge is 0.264 e. The summed E-state index contributed by atoms with van der Waals surface area (Å²) in [4.78, 5) is 17.2. The van der Waals surface area contributed by atoms with Gasteiger partial charge in [-0.05, 0) is 37.1 Å². The molecule has 0 atom stereocenters. The van der Waals surface area contributed by atoms with Gasteiger partial charge in [-0.3, -0.25) is 4.79 Å². The first kappa shape index (κ1) is 19.7. The third kappa shape index (κ3) is 4.02. The number of hydrogen-bond donors (Lipinski definition) is 0. The number of carbonyl (C=O) groups is 1. The van der Waals surface area contributed by atoms with Crippen LogP contribution >= 0.6 is 0 Å². The number of rotatable bonds is 6. The second kappa shape index (κ2) is 8.45. The van der Waals surface area contributed by atoms with Gasteiger partial charge in [0, 0.05) is 50.0 Å². The van der Waals surface area contributed by atoms with Gasteiger partial charge in [0.05, 0.1) is 7.11 Å². The Labute approximate surface area is 181 Å². The first-order valence-electron chi connectivity index (χ1n) is 10.9. The summed E-state index contributed by atoms with van der Waals surface area (Å²) in [6.07, 6.45) is 5.34. The molecule has 1 aliphatic carbocycles. The van der Waals surface area contributed by atoms with Crippen LogP contribution in [0.25, 0.3) is 11.6 Å². The predicted molar refractivity (Wildman–Crippen MR) is 116 cm³/mol. The Morgan fingerprint density at radius 3 is 2.71 bits per heavy atom. The largest absolute Gasteiger partial charge is 0.497 e. The number of nitrogens with zero attached hydrogens (tertiary/aromatic N) is 5. The van der Waals surface area contributed by atoms with Crippen molar-refractivity contribution in [2.45, 2.75) is 31.7 Å². The monoisotopic (exact) mass is 421 g/mol. The Kier molecular flexibility index (Phi) is 5.36. The van der Waals surface area contributed by atoms with Gasteiger partial charge < -0.3 is 23.5 Å². The quantitative estimate of drug-likeness (QED) is 0.609. The Morgan fingerprint density at radius 2 is 1.97 bits per heavy atom. The van der Waals surface area contributed by atoms with Crippen molar-refractivity contribution in [3.05, 3.63) is 48.5 Å². The van der Waals surface area contributed by atoms with E-state index in [0.717, 1.165) is 43.1 Å². The minimum Gasteiger partial charge on any atom is -0.497 e. The van der Waals surface area contributed by atoms with Gasteiger partial charge >= 0.3 is 0 Å². The summed E-state index contributed by atoms with van der Waals surface area (Å²) < 4.78 is 13.1. The van der Waals surface area contributed by atoms with Crippen molar-refractivity contribution in [1.29, 1.82) is 0 Å². The van der Waals surface area contributed by atoms with Crippen molar-refractivity contribution >= 4 is 11.6 Å². The minimum absolute atomic E-state index is 0.0986. The van der Waals surface area contributed by atoms with Crippen LogP contribution in [0.4, 0.5) is 5.69 Å². The second-order valence-electron chi connectivity index (χ2n) is 8.16. The van der Waals surface area contributed by atoms with Crippen LogP contribution in [-0.2, 0) is 11.3 Å². The highest BCUT2D eigenvalue weighted by molar-refractivity contribution is 5.77. The highest BCUT2D eigenvalue weighted by Crippen LogP contribution is 2.36. The van der Waals surface area contributed by atoms with Crippen molar-refractivity contribution in [2.24, 2.45) is 0 Å². The standard InChI is InChI=1S/C23H27N5O3/c1-30-19-8-3-7-18(15-19)26-11-13-27(14-12-26)21(29)16-28-10-4-9-20(28)23-25-24-22(31-23)17-5-2-6-17/h3-4,7-10,15,17H,2,5-6,11-14,16H2,1H3. The van der Waals surface area contributed by atoms with Gasteiger partial charge in [0.1, 0.15) is 18.0 Å². The van der Waals surface area contributed by atoms with E-state index >= 15 is 0 Å². The molecule has 8 nitrogen and oxygen atoms in total. The minimum atomic E-state index is 0.0986. The number of ether oxygens (including phenoxy) is 1. The molecule has 2 fully saturated rings. The molecule has 0 N–H and O–H groups in total. The van der Waals surface area contributed by atoms with E-state index in [1.54, 1.807) is 7.11 Å². The third-order valence-corrected chi connectivity index (χ3v) is 6.30. The van der Waals surface area contributed by atoms with Crippen molar-refractivity contribution in [2.75, 3.05) is 38.2 Å². The van der Waals surface area contributed by atoms with Gasteiger partial charge in [-0.25, -0.2) is 0 Å². The number of aromatic nitrogens is 3. The molecular formula is C23H27N5O3. The summed E-state index contributed by atoms with van der Waals surface area (Å²) in [5.74, 6) is 2.54. The van der Waals surface area contributed by atoms with Crippen LogP contribution in [0.3, 0.4) is 0 Å². The number of benzene rings is 1. The molecule has 0 radical (unpaired) electrons. The number of hydrogen-bond acceptors (Lipinski definition) is 6. The molecule has 162 valence electrons. The number of piperazine rings is 1. The first-order valence-corrected chi connectivity index (χ1v) is 10.9. The molecule has 2 aliphatic rings. The number of methoxy groups -OCH3 is 1. The zero-order valence-electron chi connectivity index (χ0n) is 17.7. The van der Waals surface area contributed by atoms with Crippen molar-refractivity contribution < 1.29 is 13.9 Å². The summed E-state index contributed by atoms with van der Waals surface area (Å²) in [7, 11) is 1.67. The summed E-state index contributed by atoms with van der Waals surface area (Å²) in [6.45, 7) is 3.25. The maximum atomic E-state index is 13.0.